The van der Waals surface area contributed by atoms with Crippen molar-refractivity contribution in [3.63, 3.8) is 0 Å². The lowest BCUT2D eigenvalue weighted by Gasteiger charge is -2.33. The molecule has 2 amide bonds. The highest BCUT2D eigenvalue weighted by Crippen LogP contribution is 2.33. The number of benzene rings is 3. The maximum atomic E-state index is 14.1. The molecule has 3 aromatic carbocycles. The van der Waals surface area contributed by atoms with Gasteiger partial charge in [0.15, 0.2) is 0 Å². The van der Waals surface area contributed by atoms with E-state index in [4.69, 9.17) is 4.74 Å². The summed E-state index contributed by atoms with van der Waals surface area (Å²) in [5, 5.41) is 3.07. The number of halogens is 1. The van der Waals surface area contributed by atoms with Gasteiger partial charge in [0.05, 0.1) is 17.2 Å². The Morgan fingerprint density at radius 2 is 1.60 bits per heavy atom. The number of sulfonamides is 1. The molecule has 0 bridgehead atoms. The Kier molecular flexibility index (Phi) is 10.6. The molecule has 1 atom stereocenters. The van der Waals surface area contributed by atoms with Crippen molar-refractivity contribution < 1.29 is 27.1 Å². The number of anilines is 1. The second-order valence-electron chi connectivity index (χ2n) is 10.4. The highest BCUT2D eigenvalue weighted by Gasteiger charge is 2.34. The second-order valence-corrected chi connectivity index (χ2v) is 12.3. The molecule has 0 heterocycles. The summed E-state index contributed by atoms with van der Waals surface area (Å²) in [6.07, 6.45) is 4.95. The first kappa shape index (κ1) is 31.0. The van der Waals surface area contributed by atoms with Gasteiger partial charge in [-0.05, 0) is 68.7 Å². The average Bonchev–Trinajstić information content (AvgIpc) is 3.00. The first-order chi connectivity index (χ1) is 20.2. The molecule has 1 saturated carbocycles. The van der Waals surface area contributed by atoms with E-state index in [0.717, 1.165) is 36.4 Å². The highest BCUT2D eigenvalue weighted by atomic mass is 32.2. The van der Waals surface area contributed by atoms with Gasteiger partial charge in [-0.1, -0.05) is 61.7 Å². The molecule has 3 aromatic rings. The van der Waals surface area contributed by atoms with Crippen molar-refractivity contribution >= 4 is 27.5 Å². The third kappa shape index (κ3) is 7.67. The molecule has 8 nitrogen and oxygen atoms in total. The summed E-state index contributed by atoms with van der Waals surface area (Å²) in [6.45, 7) is 3.12. The topological polar surface area (TPSA) is 96.0 Å². The van der Waals surface area contributed by atoms with Crippen LogP contribution in [0.3, 0.4) is 0 Å². The lowest BCUT2D eigenvalue weighted by molar-refractivity contribution is -0.139. The van der Waals surface area contributed by atoms with Crippen LogP contribution in [0.5, 0.6) is 5.75 Å². The van der Waals surface area contributed by atoms with Gasteiger partial charge in [-0.2, -0.15) is 0 Å². The van der Waals surface area contributed by atoms with Crippen LogP contribution in [0, 0.1) is 5.82 Å². The fourth-order valence-corrected chi connectivity index (χ4v) is 6.56. The van der Waals surface area contributed by atoms with Crippen LogP contribution in [0.4, 0.5) is 10.1 Å². The van der Waals surface area contributed by atoms with Gasteiger partial charge in [0, 0.05) is 12.6 Å². The molecule has 4 rings (SSSR count). The summed E-state index contributed by atoms with van der Waals surface area (Å²) < 4.78 is 48.4. The molecule has 1 aliphatic rings. The minimum absolute atomic E-state index is 0.00923. The third-order valence-electron chi connectivity index (χ3n) is 7.43. The van der Waals surface area contributed by atoms with Gasteiger partial charge in [0.1, 0.15) is 24.2 Å². The number of para-hydroxylation sites is 2. The van der Waals surface area contributed by atoms with Crippen molar-refractivity contribution in [3.05, 3.63) is 90.2 Å². The van der Waals surface area contributed by atoms with E-state index in [2.05, 4.69) is 5.32 Å². The number of amides is 2. The zero-order chi connectivity index (χ0) is 30.1. The van der Waals surface area contributed by atoms with Crippen LogP contribution in [-0.4, -0.2) is 50.4 Å². The zero-order valence-electron chi connectivity index (χ0n) is 24.0. The molecule has 0 aliphatic heterocycles. The molecular weight excluding hydrogens is 557 g/mol. The summed E-state index contributed by atoms with van der Waals surface area (Å²) in [4.78, 5) is 28.9. The maximum absolute atomic E-state index is 14.1. The number of hydrogen-bond acceptors (Lipinski definition) is 5. The summed E-state index contributed by atoms with van der Waals surface area (Å²) in [5.41, 5.74) is 0.812. The van der Waals surface area contributed by atoms with Gasteiger partial charge in [-0.15, -0.1) is 0 Å². The van der Waals surface area contributed by atoms with Crippen molar-refractivity contribution in [1.82, 2.24) is 10.2 Å². The molecule has 10 heteroatoms. The second kappa shape index (κ2) is 14.3. The van der Waals surface area contributed by atoms with Gasteiger partial charge in [-0.3, -0.25) is 13.9 Å². The van der Waals surface area contributed by atoms with Gasteiger partial charge >= 0.3 is 0 Å². The number of hydrogen-bond donors (Lipinski definition) is 1. The Morgan fingerprint density at radius 1 is 0.952 bits per heavy atom. The zero-order valence-corrected chi connectivity index (χ0v) is 24.9. The van der Waals surface area contributed by atoms with Crippen LogP contribution in [0.15, 0.2) is 83.8 Å². The number of nitrogens with one attached hydrogen (secondary N) is 1. The van der Waals surface area contributed by atoms with Crippen molar-refractivity contribution in [2.45, 2.75) is 69.5 Å². The predicted molar refractivity (Wildman–Crippen MR) is 160 cm³/mol. The number of rotatable bonds is 12. The summed E-state index contributed by atoms with van der Waals surface area (Å²) in [7, 11) is -4.21. The van der Waals surface area contributed by atoms with Crippen LogP contribution >= 0.6 is 0 Å². The molecule has 42 heavy (non-hydrogen) atoms. The lowest BCUT2D eigenvalue weighted by Crippen LogP contribution is -2.53. The van der Waals surface area contributed by atoms with Crippen LogP contribution in [0.1, 0.15) is 51.5 Å². The van der Waals surface area contributed by atoms with Crippen LogP contribution in [0.25, 0.3) is 0 Å². The molecule has 224 valence electrons. The number of carbonyl (C=O) groups excluding carboxylic acids is 2. The molecule has 1 fully saturated rings. The van der Waals surface area contributed by atoms with E-state index >= 15 is 0 Å². The standard InChI is InChI=1S/C32H38FN3O5S/c1-3-41-30-17-11-10-16-29(30)36(42(39,40)28-14-8-5-9-15-28)23-31(37)35(22-25-18-20-26(33)21-19-25)24(2)32(38)34-27-12-6-4-7-13-27/h5,8-11,14-21,24,27H,3-4,6-7,12-13,22-23H2,1-2H3,(H,34,38)/t24-/m0/s1. The van der Waals surface area contributed by atoms with E-state index in [1.165, 1.54) is 29.2 Å². The molecular formula is C32H38FN3O5S. The molecule has 0 unspecified atom stereocenters. The van der Waals surface area contributed by atoms with Crippen molar-refractivity contribution in [2.75, 3.05) is 17.5 Å². The molecule has 0 spiro atoms. The van der Waals surface area contributed by atoms with Gasteiger partial charge in [0.2, 0.25) is 11.8 Å². The first-order valence-corrected chi connectivity index (χ1v) is 15.8. The van der Waals surface area contributed by atoms with E-state index in [0.29, 0.717) is 17.9 Å². The predicted octanol–water partition coefficient (Wildman–Crippen LogP) is 5.29. The summed E-state index contributed by atoms with van der Waals surface area (Å²) in [6, 6.07) is 19.3. The Bertz CT molecular complexity index is 1440. The van der Waals surface area contributed by atoms with Gasteiger partial charge < -0.3 is 15.0 Å². The smallest absolute Gasteiger partial charge is 0.264 e. The largest absolute Gasteiger partial charge is 0.492 e. The quantitative estimate of drug-likeness (QED) is 0.307. The molecule has 1 aliphatic carbocycles. The minimum Gasteiger partial charge on any atom is -0.492 e. The van der Waals surface area contributed by atoms with Gasteiger partial charge in [-0.25, -0.2) is 12.8 Å². The number of nitrogens with zero attached hydrogens (tertiary/aromatic N) is 2. The number of ether oxygens (including phenoxy) is 1. The Labute approximate surface area is 247 Å². The van der Waals surface area contributed by atoms with Crippen molar-refractivity contribution in [2.24, 2.45) is 0 Å². The summed E-state index contributed by atoms with van der Waals surface area (Å²) >= 11 is 0. The minimum atomic E-state index is -4.21. The lowest BCUT2D eigenvalue weighted by atomic mass is 9.95. The van der Waals surface area contributed by atoms with Crippen molar-refractivity contribution in [1.29, 1.82) is 0 Å². The number of carbonyl (C=O) groups is 2. The molecule has 0 saturated heterocycles. The van der Waals surface area contributed by atoms with E-state index in [1.807, 2.05) is 0 Å². The van der Waals surface area contributed by atoms with Crippen LogP contribution < -0.4 is 14.4 Å². The SMILES string of the molecule is CCOc1ccccc1N(CC(=O)N(Cc1ccc(F)cc1)[C@@H](C)C(=O)NC1CCCCC1)S(=O)(=O)c1ccccc1. The Hall–Kier alpha value is -3.92. The van der Waals surface area contributed by atoms with Gasteiger partial charge in [0.25, 0.3) is 10.0 Å². The highest BCUT2D eigenvalue weighted by molar-refractivity contribution is 7.92. The normalized spacial score (nSPS) is 14.5. The molecule has 0 aromatic heterocycles. The summed E-state index contributed by atoms with van der Waals surface area (Å²) in [5.74, 6) is -1.02. The fourth-order valence-electron chi connectivity index (χ4n) is 5.11. The van der Waals surface area contributed by atoms with Crippen LogP contribution in [-0.2, 0) is 26.2 Å². The molecule has 1 N–H and O–H groups in total. The van der Waals surface area contributed by atoms with Crippen LogP contribution in [0.2, 0.25) is 0 Å². The van der Waals surface area contributed by atoms with E-state index in [9.17, 15) is 22.4 Å². The third-order valence-corrected chi connectivity index (χ3v) is 9.20. The van der Waals surface area contributed by atoms with E-state index < -0.39 is 34.3 Å². The van der Waals surface area contributed by atoms with E-state index in [1.54, 1.807) is 68.4 Å². The average molecular weight is 596 g/mol. The maximum Gasteiger partial charge on any atom is 0.264 e. The molecule has 0 radical (unpaired) electrons. The van der Waals surface area contributed by atoms with E-state index in [-0.39, 0.29) is 29.1 Å². The Morgan fingerprint density at radius 3 is 2.26 bits per heavy atom. The monoisotopic (exact) mass is 595 g/mol. The fraction of sp³-hybridized carbons (Fsp3) is 0.375. The Balaban J connectivity index is 1.70. The van der Waals surface area contributed by atoms with Crippen molar-refractivity contribution in [3.8, 4) is 5.75 Å². The first-order valence-electron chi connectivity index (χ1n) is 14.3.